The van der Waals surface area contributed by atoms with E-state index in [0.717, 1.165) is 6.42 Å². The van der Waals surface area contributed by atoms with Crippen LogP contribution in [-0.2, 0) is 9.47 Å². The van der Waals surface area contributed by atoms with Crippen molar-refractivity contribution in [3.8, 4) is 0 Å². The van der Waals surface area contributed by atoms with Crippen LogP contribution < -0.4 is 0 Å². The summed E-state index contributed by atoms with van der Waals surface area (Å²) in [5, 5.41) is 0. The van der Waals surface area contributed by atoms with Crippen LogP contribution in [0, 0.1) is 0 Å². The molecule has 0 aromatic rings. The summed E-state index contributed by atoms with van der Waals surface area (Å²) < 4.78 is 11.4. The lowest BCUT2D eigenvalue weighted by atomic mass is 10.1. The fourth-order valence-corrected chi connectivity index (χ4v) is 2.14. The molecule has 3 atom stereocenters. The molecule has 0 aliphatic carbocycles. The van der Waals surface area contributed by atoms with E-state index in [4.69, 9.17) is 9.47 Å². The van der Waals surface area contributed by atoms with Crippen LogP contribution >= 0.6 is 0 Å². The van der Waals surface area contributed by atoms with Gasteiger partial charge in [-0.2, -0.15) is 0 Å². The second-order valence-electron chi connectivity index (χ2n) is 5.02. The fourth-order valence-electron chi connectivity index (χ4n) is 2.14. The Hall–Kier alpha value is -0.0800. The van der Waals surface area contributed by atoms with Crippen molar-refractivity contribution in [2.45, 2.75) is 90.6 Å². The lowest BCUT2D eigenvalue weighted by molar-refractivity contribution is -0.0681. The second kappa shape index (κ2) is 8.08. The van der Waals surface area contributed by atoms with Gasteiger partial charge in [-0.15, -0.1) is 0 Å². The monoisotopic (exact) mass is 228 g/mol. The van der Waals surface area contributed by atoms with Gasteiger partial charge in [0, 0.05) is 0 Å². The van der Waals surface area contributed by atoms with Crippen molar-refractivity contribution < 1.29 is 9.47 Å². The topological polar surface area (TPSA) is 18.5 Å². The van der Waals surface area contributed by atoms with E-state index < -0.39 is 0 Å². The number of unbranched alkanes of at least 4 members (excludes halogenated alkanes) is 6. The molecule has 1 rings (SSSR count). The number of rotatable bonds is 8. The summed E-state index contributed by atoms with van der Waals surface area (Å²) in [6.45, 7) is 6.45. The Bertz CT molecular complexity index is 160. The zero-order valence-corrected chi connectivity index (χ0v) is 11.2. The van der Waals surface area contributed by atoms with Gasteiger partial charge in [-0.25, -0.2) is 0 Å². The highest BCUT2D eigenvalue weighted by atomic mass is 16.7. The van der Waals surface area contributed by atoms with Crippen molar-refractivity contribution in [1.82, 2.24) is 0 Å². The van der Waals surface area contributed by atoms with Crippen molar-refractivity contribution >= 4 is 0 Å². The van der Waals surface area contributed by atoms with E-state index in [0.29, 0.717) is 0 Å². The molecule has 0 bridgehead atoms. The molecule has 0 N–H and O–H groups in total. The molecular formula is C14H28O2. The highest BCUT2D eigenvalue weighted by molar-refractivity contribution is 4.69. The highest BCUT2D eigenvalue weighted by Crippen LogP contribution is 2.22. The van der Waals surface area contributed by atoms with Crippen LogP contribution in [0.5, 0.6) is 0 Å². The maximum Gasteiger partial charge on any atom is 0.158 e. The first-order chi connectivity index (χ1) is 7.74. The van der Waals surface area contributed by atoms with Crippen LogP contribution in [0.3, 0.4) is 0 Å². The normalized spacial score (nSPS) is 29.8. The SMILES string of the molecule is CCCCCCCCCC1O[C@@H](C)[C@@H](C)O1. The molecule has 2 heteroatoms. The van der Waals surface area contributed by atoms with Gasteiger partial charge in [-0.1, -0.05) is 45.4 Å². The van der Waals surface area contributed by atoms with Crippen molar-refractivity contribution in [3.05, 3.63) is 0 Å². The van der Waals surface area contributed by atoms with Crippen molar-refractivity contribution in [1.29, 1.82) is 0 Å². The summed E-state index contributed by atoms with van der Waals surface area (Å²) in [6, 6.07) is 0. The van der Waals surface area contributed by atoms with Gasteiger partial charge in [-0.05, 0) is 26.7 Å². The van der Waals surface area contributed by atoms with E-state index in [1.165, 1.54) is 44.9 Å². The molecule has 16 heavy (non-hydrogen) atoms. The maximum absolute atomic E-state index is 5.70. The molecule has 1 fully saturated rings. The van der Waals surface area contributed by atoms with E-state index in [2.05, 4.69) is 20.8 Å². The summed E-state index contributed by atoms with van der Waals surface area (Å²) >= 11 is 0. The summed E-state index contributed by atoms with van der Waals surface area (Å²) in [6.07, 6.45) is 11.2. The van der Waals surface area contributed by atoms with Gasteiger partial charge in [0.2, 0.25) is 0 Å². The van der Waals surface area contributed by atoms with E-state index >= 15 is 0 Å². The van der Waals surface area contributed by atoms with Crippen molar-refractivity contribution in [3.63, 3.8) is 0 Å². The Morgan fingerprint density at radius 2 is 1.25 bits per heavy atom. The molecule has 0 amide bonds. The van der Waals surface area contributed by atoms with Crippen molar-refractivity contribution in [2.75, 3.05) is 0 Å². The molecule has 1 unspecified atom stereocenters. The standard InChI is InChI=1S/C14H28O2/c1-4-5-6-7-8-9-10-11-14-15-12(2)13(3)16-14/h12-14H,4-11H2,1-3H3/t12-,13+,14?. The third-order valence-corrected chi connectivity index (χ3v) is 3.44. The third-order valence-electron chi connectivity index (χ3n) is 3.44. The Morgan fingerprint density at radius 3 is 1.81 bits per heavy atom. The smallest absolute Gasteiger partial charge is 0.158 e. The first-order valence-corrected chi connectivity index (χ1v) is 7.05. The fraction of sp³-hybridized carbons (Fsp3) is 1.00. The largest absolute Gasteiger partial charge is 0.347 e. The van der Waals surface area contributed by atoms with Crippen LogP contribution in [-0.4, -0.2) is 18.5 Å². The van der Waals surface area contributed by atoms with Gasteiger partial charge >= 0.3 is 0 Å². The summed E-state index contributed by atoms with van der Waals surface area (Å²) in [5.74, 6) is 0. The van der Waals surface area contributed by atoms with Crippen LogP contribution in [0.25, 0.3) is 0 Å². The average molecular weight is 228 g/mol. The number of hydrogen-bond acceptors (Lipinski definition) is 2. The quantitative estimate of drug-likeness (QED) is 0.577. The molecular weight excluding hydrogens is 200 g/mol. The first-order valence-electron chi connectivity index (χ1n) is 7.05. The molecule has 0 aromatic heterocycles. The Balaban J connectivity index is 1.88. The van der Waals surface area contributed by atoms with Gasteiger partial charge in [0.1, 0.15) is 0 Å². The van der Waals surface area contributed by atoms with Crippen LogP contribution in [0.1, 0.15) is 72.1 Å². The van der Waals surface area contributed by atoms with Gasteiger partial charge in [0.05, 0.1) is 12.2 Å². The first kappa shape index (κ1) is 14.0. The summed E-state index contributed by atoms with van der Waals surface area (Å²) in [4.78, 5) is 0. The molecule has 96 valence electrons. The Morgan fingerprint density at radius 1 is 0.750 bits per heavy atom. The van der Waals surface area contributed by atoms with Crippen LogP contribution in [0.15, 0.2) is 0 Å². The highest BCUT2D eigenvalue weighted by Gasteiger charge is 2.28. The molecule has 1 saturated heterocycles. The second-order valence-corrected chi connectivity index (χ2v) is 5.02. The van der Waals surface area contributed by atoms with Gasteiger partial charge in [0.15, 0.2) is 6.29 Å². The number of hydrogen-bond donors (Lipinski definition) is 0. The predicted octanol–water partition coefficient (Wildman–Crippen LogP) is 4.28. The van der Waals surface area contributed by atoms with Gasteiger partial charge in [-0.3, -0.25) is 0 Å². The Kier molecular flexibility index (Phi) is 7.06. The van der Waals surface area contributed by atoms with Crippen LogP contribution in [0.4, 0.5) is 0 Å². The molecule has 1 heterocycles. The molecule has 1 aliphatic heterocycles. The predicted molar refractivity (Wildman–Crippen MR) is 67.5 cm³/mol. The average Bonchev–Trinajstić information content (AvgIpc) is 2.57. The third kappa shape index (κ3) is 5.31. The van der Waals surface area contributed by atoms with Crippen LogP contribution in [0.2, 0.25) is 0 Å². The maximum atomic E-state index is 5.70. The zero-order valence-electron chi connectivity index (χ0n) is 11.2. The molecule has 0 spiro atoms. The van der Waals surface area contributed by atoms with E-state index in [1.807, 2.05) is 0 Å². The minimum absolute atomic E-state index is 0.0700. The number of ether oxygens (including phenoxy) is 2. The van der Waals surface area contributed by atoms with Crippen molar-refractivity contribution in [2.24, 2.45) is 0 Å². The lowest BCUT2D eigenvalue weighted by Crippen LogP contribution is -2.13. The minimum atomic E-state index is 0.0700. The molecule has 0 radical (unpaired) electrons. The van der Waals surface area contributed by atoms with Gasteiger partial charge in [0.25, 0.3) is 0 Å². The molecule has 1 aliphatic rings. The van der Waals surface area contributed by atoms with E-state index in [1.54, 1.807) is 0 Å². The molecule has 0 saturated carbocycles. The summed E-state index contributed by atoms with van der Waals surface area (Å²) in [5.41, 5.74) is 0. The summed E-state index contributed by atoms with van der Waals surface area (Å²) in [7, 11) is 0. The van der Waals surface area contributed by atoms with E-state index in [-0.39, 0.29) is 18.5 Å². The Labute approximate surface area is 101 Å². The molecule has 2 nitrogen and oxygen atoms in total. The minimum Gasteiger partial charge on any atom is -0.347 e. The van der Waals surface area contributed by atoms with Gasteiger partial charge < -0.3 is 9.47 Å². The zero-order chi connectivity index (χ0) is 11.8. The molecule has 0 aromatic carbocycles. The lowest BCUT2D eigenvalue weighted by Gasteiger charge is -2.09. The van der Waals surface area contributed by atoms with E-state index in [9.17, 15) is 0 Å².